The molecule has 0 atom stereocenters. The van der Waals surface area contributed by atoms with Crippen LogP contribution < -0.4 is 9.47 Å². The van der Waals surface area contributed by atoms with E-state index in [0.29, 0.717) is 15.4 Å². The molecule has 0 amide bonds. The number of thiazole rings is 1. The molecule has 102 valence electrons. The summed E-state index contributed by atoms with van der Waals surface area (Å²) in [5.41, 5.74) is 0.626. The number of alkyl halides is 2. The van der Waals surface area contributed by atoms with Crippen molar-refractivity contribution in [2.75, 3.05) is 7.11 Å². The summed E-state index contributed by atoms with van der Waals surface area (Å²) in [6.45, 7) is -3.03. The number of ether oxygens (including phenoxy) is 2. The monoisotopic (exact) mass is 287 g/mol. The fraction of sp³-hybridized carbons (Fsp3) is 0.250. The lowest BCUT2D eigenvalue weighted by atomic mass is 10.2. The zero-order chi connectivity index (χ0) is 13.8. The standard InChI is InChI=1S/C12H11F2NO3S/c1-17-9-3-2-7(4-10(9)18-12(13)14)11-15-5-8(6-16)19-11/h2-5,12,16H,6H2,1H3. The second kappa shape index (κ2) is 5.94. The Morgan fingerprint density at radius 2 is 2.16 bits per heavy atom. The molecule has 0 spiro atoms. The predicted octanol–water partition coefficient (Wildman–Crippen LogP) is 2.91. The molecule has 0 saturated heterocycles. The molecule has 1 N–H and O–H groups in total. The molecule has 7 heteroatoms. The van der Waals surface area contributed by atoms with Crippen LogP contribution in [0.5, 0.6) is 11.5 Å². The number of rotatable bonds is 5. The van der Waals surface area contributed by atoms with Crippen molar-refractivity contribution in [2.24, 2.45) is 0 Å². The Morgan fingerprint density at radius 1 is 1.37 bits per heavy atom. The van der Waals surface area contributed by atoms with Crippen molar-refractivity contribution in [2.45, 2.75) is 13.2 Å². The smallest absolute Gasteiger partial charge is 0.387 e. The number of aliphatic hydroxyl groups is 1. The quantitative estimate of drug-likeness (QED) is 0.918. The fourth-order valence-electron chi connectivity index (χ4n) is 1.51. The SMILES string of the molecule is COc1ccc(-c2ncc(CO)s2)cc1OC(F)F. The summed E-state index contributed by atoms with van der Waals surface area (Å²) in [7, 11) is 1.38. The molecule has 2 rings (SSSR count). The zero-order valence-electron chi connectivity index (χ0n) is 9.97. The van der Waals surface area contributed by atoms with Crippen molar-refractivity contribution >= 4 is 11.3 Å². The molecule has 2 aromatic rings. The number of aromatic nitrogens is 1. The van der Waals surface area contributed by atoms with Crippen LogP contribution in [0.15, 0.2) is 24.4 Å². The molecule has 0 aliphatic heterocycles. The van der Waals surface area contributed by atoms with Crippen LogP contribution in [0, 0.1) is 0 Å². The number of hydrogen-bond donors (Lipinski definition) is 1. The molecule has 0 saturated carbocycles. The number of aliphatic hydroxyl groups excluding tert-OH is 1. The van der Waals surface area contributed by atoms with Crippen molar-refractivity contribution in [1.29, 1.82) is 0 Å². The molecule has 4 nitrogen and oxygen atoms in total. The summed E-state index contributed by atoms with van der Waals surface area (Å²) >= 11 is 1.28. The van der Waals surface area contributed by atoms with E-state index >= 15 is 0 Å². The summed E-state index contributed by atoms with van der Waals surface area (Å²) in [6, 6.07) is 4.66. The Hall–Kier alpha value is -1.73. The van der Waals surface area contributed by atoms with E-state index in [9.17, 15) is 8.78 Å². The molecular weight excluding hydrogens is 276 g/mol. The minimum Gasteiger partial charge on any atom is -0.493 e. The first kappa shape index (κ1) is 13.7. The first-order valence-corrected chi connectivity index (χ1v) is 6.14. The molecule has 0 unspecified atom stereocenters. The lowest BCUT2D eigenvalue weighted by Gasteiger charge is -2.10. The van der Waals surface area contributed by atoms with E-state index in [2.05, 4.69) is 9.72 Å². The lowest BCUT2D eigenvalue weighted by molar-refractivity contribution is -0.0511. The first-order valence-electron chi connectivity index (χ1n) is 5.33. The Morgan fingerprint density at radius 3 is 2.74 bits per heavy atom. The summed E-state index contributed by atoms with van der Waals surface area (Å²) in [6.07, 6.45) is 1.54. The highest BCUT2D eigenvalue weighted by molar-refractivity contribution is 7.15. The molecule has 19 heavy (non-hydrogen) atoms. The van der Waals surface area contributed by atoms with Gasteiger partial charge in [-0.1, -0.05) is 0 Å². The van der Waals surface area contributed by atoms with Crippen molar-refractivity contribution in [3.05, 3.63) is 29.3 Å². The predicted molar refractivity (Wildman–Crippen MR) is 66.7 cm³/mol. The van der Waals surface area contributed by atoms with Gasteiger partial charge in [-0.15, -0.1) is 11.3 Å². The third kappa shape index (κ3) is 3.18. The topological polar surface area (TPSA) is 51.6 Å². The highest BCUT2D eigenvalue weighted by atomic mass is 32.1. The highest BCUT2D eigenvalue weighted by Gasteiger charge is 2.13. The molecule has 0 radical (unpaired) electrons. The number of nitrogens with zero attached hydrogens (tertiary/aromatic N) is 1. The van der Waals surface area contributed by atoms with E-state index in [1.807, 2.05) is 0 Å². The van der Waals surface area contributed by atoms with Crippen LogP contribution in [0.25, 0.3) is 10.6 Å². The van der Waals surface area contributed by atoms with E-state index < -0.39 is 6.61 Å². The van der Waals surface area contributed by atoms with Gasteiger partial charge in [0.15, 0.2) is 11.5 Å². The third-order valence-corrected chi connectivity index (χ3v) is 3.37. The minimum absolute atomic E-state index is 0.0456. The van der Waals surface area contributed by atoms with Gasteiger partial charge in [0.2, 0.25) is 0 Å². The van der Waals surface area contributed by atoms with Crippen molar-refractivity contribution < 1.29 is 23.4 Å². The summed E-state index contributed by atoms with van der Waals surface area (Å²) in [5, 5.41) is 9.60. The fourth-order valence-corrected chi connectivity index (χ4v) is 2.28. The third-order valence-electron chi connectivity index (χ3n) is 2.34. The van der Waals surface area contributed by atoms with Crippen molar-refractivity contribution in [3.8, 4) is 22.1 Å². The molecular formula is C12H11F2NO3S. The van der Waals surface area contributed by atoms with Gasteiger partial charge < -0.3 is 14.6 Å². The minimum atomic E-state index is -2.92. The Labute approximate surface area is 112 Å². The van der Waals surface area contributed by atoms with Gasteiger partial charge in [-0.25, -0.2) is 4.98 Å². The van der Waals surface area contributed by atoms with Gasteiger partial charge in [0.1, 0.15) is 5.01 Å². The maximum absolute atomic E-state index is 12.3. The van der Waals surface area contributed by atoms with Gasteiger partial charge in [-0.3, -0.25) is 0 Å². The van der Waals surface area contributed by atoms with Crippen LogP contribution in [0.1, 0.15) is 4.88 Å². The summed E-state index contributed by atoms with van der Waals surface area (Å²) < 4.78 is 34.0. The van der Waals surface area contributed by atoms with Crippen molar-refractivity contribution in [1.82, 2.24) is 4.98 Å². The Kier molecular flexibility index (Phi) is 4.28. The summed E-state index contributed by atoms with van der Waals surface area (Å²) in [5.74, 6) is 0.179. The molecule has 1 aromatic heterocycles. The van der Waals surface area contributed by atoms with E-state index in [0.717, 1.165) is 0 Å². The average molecular weight is 287 g/mol. The van der Waals surface area contributed by atoms with Crippen molar-refractivity contribution in [3.63, 3.8) is 0 Å². The van der Waals surface area contributed by atoms with E-state index in [1.54, 1.807) is 6.07 Å². The molecule has 1 heterocycles. The average Bonchev–Trinajstić information content (AvgIpc) is 2.86. The van der Waals surface area contributed by atoms with E-state index in [4.69, 9.17) is 9.84 Å². The second-order valence-electron chi connectivity index (χ2n) is 3.53. The molecule has 0 bridgehead atoms. The van der Waals surface area contributed by atoms with E-state index in [1.165, 1.54) is 36.8 Å². The van der Waals surface area contributed by atoms with Crippen LogP contribution in [0.4, 0.5) is 8.78 Å². The number of hydrogen-bond acceptors (Lipinski definition) is 5. The number of benzene rings is 1. The van der Waals surface area contributed by atoms with E-state index in [-0.39, 0.29) is 18.1 Å². The molecule has 1 aromatic carbocycles. The first-order chi connectivity index (χ1) is 9.13. The van der Waals surface area contributed by atoms with Gasteiger partial charge >= 0.3 is 6.61 Å². The Balaban J connectivity index is 2.36. The number of methoxy groups -OCH3 is 1. The van der Waals surface area contributed by atoms with Crippen LogP contribution >= 0.6 is 11.3 Å². The largest absolute Gasteiger partial charge is 0.493 e. The van der Waals surface area contributed by atoms with Crippen LogP contribution in [0.3, 0.4) is 0 Å². The summed E-state index contributed by atoms with van der Waals surface area (Å²) in [4.78, 5) is 4.80. The molecule has 0 aliphatic rings. The van der Waals surface area contributed by atoms with Crippen LogP contribution in [-0.4, -0.2) is 23.8 Å². The van der Waals surface area contributed by atoms with Gasteiger partial charge in [-0.2, -0.15) is 8.78 Å². The van der Waals surface area contributed by atoms with Gasteiger partial charge in [0.25, 0.3) is 0 Å². The molecule has 0 fully saturated rings. The Bertz CT molecular complexity index is 560. The van der Waals surface area contributed by atoms with Gasteiger partial charge in [0, 0.05) is 11.8 Å². The van der Waals surface area contributed by atoms with Gasteiger partial charge in [-0.05, 0) is 18.2 Å². The van der Waals surface area contributed by atoms with Gasteiger partial charge in [0.05, 0.1) is 18.6 Å². The number of halogens is 2. The molecule has 0 aliphatic carbocycles. The lowest BCUT2D eigenvalue weighted by Crippen LogP contribution is -2.03. The normalized spacial score (nSPS) is 10.8. The maximum Gasteiger partial charge on any atom is 0.387 e. The second-order valence-corrected chi connectivity index (χ2v) is 4.65. The van der Waals surface area contributed by atoms with Crippen LogP contribution in [0.2, 0.25) is 0 Å². The zero-order valence-corrected chi connectivity index (χ0v) is 10.8. The highest BCUT2D eigenvalue weighted by Crippen LogP contribution is 2.34. The maximum atomic E-state index is 12.3. The van der Waals surface area contributed by atoms with Crippen LogP contribution in [-0.2, 0) is 6.61 Å².